The van der Waals surface area contributed by atoms with Crippen LogP contribution in [0.4, 0.5) is 0 Å². The summed E-state index contributed by atoms with van der Waals surface area (Å²) in [5.41, 5.74) is 8.50. The Kier molecular flexibility index (Phi) is 3.81. The Labute approximate surface area is 233 Å². The largest absolute Gasteiger partial charge is 0.308 e. The van der Waals surface area contributed by atoms with Crippen molar-refractivity contribution in [3.63, 3.8) is 0 Å². The second-order valence-corrected chi connectivity index (χ2v) is 10.9. The third kappa shape index (κ3) is 2.54. The molecule has 0 saturated carbocycles. The van der Waals surface area contributed by atoms with Crippen LogP contribution in [0.15, 0.2) is 109 Å². The third-order valence-corrected chi connectivity index (χ3v) is 8.80. The minimum atomic E-state index is 0.669. The highest BCUT2D eigenvalue weighted by molar-refractivity contribution is 6.35. The fraction of sp³-hybridized carbons (Fsp3) is 0.0278. The molecule has 0 radical (unpaired) electrons. The summed E-state index contributed by atoms with van der Waals surface area (Å²) in [7, 11) is 0. The number of para-hydroxylation sites is 2. The Morgan fingerprint density at radius 2 is 1.29 bits per heavy atom. The SMILES string of the molecule is Cc1nc(-n2c3c4ccccc4ccc3c3cc4c5ccccc5n5c6ccccc6c(c32)c45)nc2cccnc12. The van der Waals surface area contributed by atoms with Gasteiger partial charge in [-0.05, 0) is 42.6 Å². The zero-order chi connectivity index (χ0) is 26.8. The van der Waals surface area contributed by atoms with Gasteiger partial charge in [-0.25, -0.2) is 9.97 Å². The van der Waals surface area contributed by atoms with Gasteiger partial charge in [0, 0.05) is 43.9 Å². The molecule has 10 aromatic rings. The van der Waals surface area contributed by atoms with Crippen LogP contribution in [0.2, 0.25) is 0 Å². The number of aryl methyl sites for hydroxylation is 1. The molecule has 190 valence electrons. The van der Waals surface area contributed by atoms with Crippen molar-refractivity contribution in [2.24, 2.45) is 0 Å². The molecule has 0 unspecified atom stereocenters. The Hall–Kier alpha value is -5.55. The molecule has 5 nitrogen and oxygen atoms in total. The van der Waals surface area contributed by atoms with E-state index in [9.17, 15) is 0 Å². The number of nitrogens with zero attached hydrogens (tertiary/aromatic N) is 5. The van der Waals surface area contributed by atoms with Gasteiger partial charge in [0.1, 0.15) is 5.52 Å². The first kappa shape index (κ1) is 21.3. The molecule has 0 aliphatic heterocycles. The van der Waals surface area contributed by atoms with Crippen LogP contribution < -0.4 is 0 Å². The van der Waals surface area contributed by atoms with Gasteiger partial charge in [0.2, 0.25) is 5.95 Å². The van der Waals surface area contributed by atoms with Gasteiger partial charge in [0.05, 0.1) is 38.8 Å². The molecule has 0 atom stereocenters. The standard InChI is InChI=1S/C36H21N5/c1-20-32-28(13-8-18-37-32)39-36(38-20)41-33-22-10-3-2-9-21(22)16-17-24(33)27-19-26-23-11-4-6-14-29(23)40-30-15-7-5-12-25(30)31(34(26)40)35(27)41/h2-19H,1H3. The van der Waals surface area contributed by atoms with E-state index in [4.69, 9.17) is 9.97 Å². The van der Waals surface area contributed by atoms with E-state index < -0.39 is 0 Å². The van der Waals surface area contributed by atoms with Crippen molar-refractivity contribution in [2.45, 2.75) is 6.92 Å². The first-order valence-electron chi connectivity index (χ1n) is 13.9. The Morgan fingerprint density at radius 1 is 0.561 bits per heavy atom. The highest BCUT2D eigenvalue weighted by Crippen LogP contribution is 2.47. The molecule has 0 amide bonds. The van der Waals surface area contributed by atoms with E-state index in [2.05, 4.69) is 105 Å². The molecule has 5 heteroatoms. The molecular formula is C36H21N5. The van der Waals surface area contributed by atoms with E-state index in [0.717, 1.165) is 27.8 Å². The average molecular weight is 524 g/mol. The van der Waals surface area contributed by atoms with Crippen molar-refractivity contribution >= 4 is 81.7 Å². The van der Waals surface area contributed by atoms with Gasteiger partial charge in [-0.3, -0.25) is 9.55 Å². The molecular weight excluding hydrogens is 502 g/mol. The summed E-state index contributed by atoms with van der Waals surface area (Å²) in [6, 6.07) is 37.0. The normalized spacial score (nSPS) is 12.5. The lowest BCUT2D eigenvalue weighted by Gasteiger charge is -2.11. The number of aromatic nitrogens is 5. The van der Waals surface area contributed by atoms with Gasteiger partial charge in [-0.2, -0.15) is 0 Å². The molecule has 41 heavy (non-hydrogen) atoms. The highest BCUT2D eigenvalue weighted by atomic mass is 15.2. The average Bonchev–Trinajstić information content (AvgIpc) is 3.65. The lowest BCUT2D eigenvalue weighted by atomic mass is 10.0. The van der Waals surface area contributed by atoms with E-state index in [-0.39, 0.29) is 0 Å². The van der Waals surface area contributed by atoms with Gasteiger partial charge < -0.3 is 4.40 Å². The quantitative estimate of drug-likeness (QED) is 0.216. The summed E-state index contributed by atoms with van der Waals surface area (Å²) in [5, 5.41) is 9.79. The maximum absolute atomic E-state index is 5.14. The van der Waals surface area contributed by atoms with Crippen molar-refractivity contribution in [1.29, 1.82) is 0 Å². The third-order valence-electron chi connectivity index (χ3n) is 8.80. The summed E-state index contributed by atoms with van der Waals surface area (Å²) in [4.78, 5) is 14.8. The van der Waals surface area contributed by atoms with E-state index >= 15 is 0 Å². The molecule has 0 N–H and O–H groups in total. The van der Waals surface area contributed by atoms with Crippen LogP contribution in [0.3, 0.4) is 0 Å². The number of pyridine rings is 1. The molecule has 0 bridgehead atoms. The summed E-state index contributed by atoms with van der Waals surface area (Å²) in [6.45, 7) is 2.02. The smallest absolute Gasteiger partial charge is 0.235 e. The van der Waals surface area contributed by atoms with Gasteiger partial charge >= 0.3 is 0 Å². The molecule has 0 spiro atoms. The highest BCUT2D eigenvalue weighted by Gasteiger charge is 2.25. The Bertz CT molecular complexity index is 2710. The fourth-order valence-corrected chi connectivity index (χ4v) is 7.17. The molecule has 5 heterocycles. The number of hydrogen-bond acceptors (Lipinski definition) is 3. The maximum Gasteiger partial charge on any atom is 0.235 e. The first-order valence-corrected chi connectivity index (χ1v) is 13.9. The lowest BCUT2D eigenvalue weighted by Crippen LogP contribution is -2.04. The number of rotatable bonds is 1. The van der Waals surface area contributed by atoms with Crippen LogP contribution in [0.5, 0.6) is 0 Å². The molecule has 0 fully saturated rings. The van der Waals surface area contributed by atoms with Crippen molar-refractivity contribution in [3.05, 3.63) is 115 Å². The summed E-state index contributed by atoms with van der Waals surface area (Å²) in [5.74, 6) is 0.669. The first-order chi connectivity index (χ1) is 20.3. The summed E-state index contributed by atoms with van der Waals surface area (Å²) < 4.78 is 4.75. The monoisotopic (exact) mass is 523 g/mol. The van der Waals surface area contributed by atoms with Crippen LogP contribution in [-0.4, -0.2) is 23.9 Å². The lowest BCUT2D eigenvalue weighted by molar-refractivity contribution is 0.988. The zero-order valence-corrected chi connectivity index (χ0v) is 22.1. The fourth-order valence-electron chi connectivity index (χ4n) is 7.17. The van der Waals surface area contributed by atoms with E-state index in [1.165, 1.54) is 59.6 Å². The van der Waals surface area contributed by atoms with E-state index in [0.29, 0.717) is 5.95 Å². The minimum Gasteiger partial charge on any atom is -0.308 e. The van der Waals surface area contributed by atoms with Crippen LogP contribution in [0.25, 0.3) is 87.7 Å². The van der Waals surface area contributed by atoms with Gasteiger partial charge in [-0.1, -0.05) is 72.8 Å². The maximum atomic E-state index is 5.14. The summed E-state index contributed by atoms with van der Waals surface area (Å²) >= 11 is 0. The molecule has 10 rings (SSSR count). The predicted octanol–water partition coefficient (Wildman–Crippen LogP) is 8.73. The van der Waals surface area contributed by atoms with Gasteiger partial charge in [-0.15, -0.1) is 0 Å². The molecule has 0 aliphatic carbocycles. The van der Waals surface area contributed by atoms with Gasteiger partial charge in [0.25, 0.3) is 0 Å². The topological polar surface area (TPSA) is 48.0 Å². The van der Waals surface area contributed by atoms with Crippen LogP contribution >= 0.6 is 0 Å². The molecule has 5 aromatic carbocycles. The molecule has 5 aromatic heterocycles. The van der Waals surface area contributed by atoms with Crippen LogP contribution in [0, 0.1) is 6.92 Å². The number of benzene rings is 5. The van der Waals surface area contributed by atoms with Crippen molar-refractivity contribution in [1.82, 2.24) is 23.9 Å². The second-order valence-electron chi connectivity index (χ2n) is 10.9. The number of hydrogen-bond donors (Lipinski definition) is 0. The van der Waals surface area contributed by atoms with Crippen molar-refractivity contribution in [3.8, 4) is 5.95 Å². The Morgan fingerprint density at radius 3 is 2.17 bits per heavy atom. The Balaban J connectivity index is 1.56. The minimum absolute atomic E-state index is 0.669. The van der Waals surface area contributed by atoms with Crippen molar-refractivity contribution < 1.29 is 0 Å². The van der Waals surface area contributed by atoms with Gasteiger partial charge in [0.15, 0.2) is 0 Å². The van der Waals surface area contributed by atoms with Crippen LogP contribution in [0.1, 0.15) is 5.69 Å². The molecule has 0 saturated heterocycles. The second kappa shape index (κ2) is 7.34. The number of fused-ring (bicyclic) bond motifs is 13. The van der Waals surface area contributed by atoms with Crippen LogP contribution in [-0.2, 0) is 0 Å². The van der Waals surface area contributed by atoms with E-state index in [1.807, 2.05) is 19.1 Å². The van der Waals surface area contributed by atoms with E-state index in [1.54, 1.807) is 6.20 Å². The van der Waals surface area contributed by atoms with Crippen molar-refractivity contribution in [2.75, 3.05) is 0 Å². The zero-order valence-electron chi connectivity index (χ0n) is 22.1. The summed E-state index contributed by atoms with van der Waals surface area (Å²) in [6.07, 6.45) is 1.80. The predicted molar refractivity (Wildman–Crippen MR) is 169 cm³/mol. The molecule has 0 aliphatic rings.